The number of carbonyl (C=O) groups excluding carboxylic acids is 1. The van der Waals surface area contributed by atoms with Crippen LogP contribution in [0.4, 0.5) is 0 Å². The molecule has 2 aliphatic rings. The molecule has 2 atom stereocenters. The van der Waals surface area contributed by atoms with E-state index in [9.17, 15) is 13.2 Å². The van der Waals surface area contributed by atoms with Crippen LogP contribution in [0.1, 0.15) is 52.4 Å². The number of carbonyl (C=O) groups is 1. The molecule has 2 fully saturated rings. The van der Waals surface area contributed by atoms with Crippen molar-refractivity contribution in [2.75, 3.05) is 13.1 Å². The minimum Gasteiger partial charge on any atom is -0.300 e. The number of rotatable bonds is 4. The zero-order valence-corrected chi connectivity index (χ0v) is 12.7. The highest BCUT2D eigenvalue weighted by molar-refractivity contribution is 7.86. The van der Waals surface area contributed by atoms with Crippen molar-refractivity contribution in [1.29, 1.82) is 0 Å². The molecule has 0 aromatic heterocycles. The first kappa shape index (κ1) is 14.9. The fraction of sp³-hybridized carbons (Fsp3) is 0.923. The van der Waals surface area contributed by atoms with E-state index in [1.165, 1.54) is 6.92 Å². The van der Waals surface area contributed by atoms with Gasteiger partial charge in [-0.2, -0.15) is 17.0 Å². The Morgan fingerprint density at radius 2 is 1.79 bits per heavy atom. The van der Waals surface area contributed by atoms with Crippen molar-refractivity contribution in [3.05, 3.63) is 0 Å². The van der Waals surface area contributed by atoms with E-state index in [-0.39, 0.29) is 17.9 Å². The molecule has 0 spiro atoms. The smallest absolute Gasteiger partial charge is 0.282 e. The third-order valence-electron chi connectivity index (χ3n) is 4.18. The molecule has 0 radical (unpaired) electrons. The molecule has 5 nitrogen and oxygen atoms in total. The Balaban J connectivity index is 2.15. The number of piperidine rings is 1. The molecule has 2 unspecified atom stereocenters. The van der Waals surface area contributed by atoms with Crippen molar-refractivity contribution < 1.29 is 13.2 Å². The van der Waals surface area contributed by atoms with Crippen molar-refractivity contribution in [1.82, 2.24) is 8.61 Å². The SMILES string of the molecule is CC(=O)CC1CCCN1S(=O)(=O)N1CCCCC1C. The topological polar surface area (TPSA) is 57.7 Å². The molecule has 0 amide bonds. The second-order valence-corrected chi connectivity index (χ2v) is 7.61. The molecule has 0 bridgehead atoms. The van der Waals surface area contributed by atoms with E-state index in [4.69, 9.17) is 0 Å². The molecule has 0 aromatic carbocycles. The Bertz CT molecular complexity index is 435. The van der Waals surface area contributed by atoms with Crippen LogP contribution in [0.3, 0.4) is 0 Å². The summed E-state index contributed by atoms with van der Waals surface area (Å²) in [6.07, 6.45) is 4.99. The van der Waals surface area contributed by atoms with Crippen molar-refractivity contribution in [2.24, 2.45) is 0 Å². The van der Waals surface area contributed by atoms with Gasteiger partial charge in [0.05, 0.1) is 0 Å². The minimum absolute atomic E-state index is 0.0683. The van der Waals surface area contributed by atoms with Crippen LogP contribution in [0, 0.1) is 0 Å². The highest BCUT2D eigenvalue weighted by Gasteiger charge is 2.40. The first-order valence-corrected chi connectivity index (χ1v) is 8.60. The molecule has 0 aliphatic carbocycles. The molecule has 2 aliphatic heterocycles. The molecular formula is C13H24N2O3S. The molecule has 2 heterocycles. The van der Waals surface area contributed by atoms with Crippen LogP contribution in [0.25, 0.3) is 0 Å². The predicted molar refractivity (Wildman–Crippen MR) is 74.0 cm³/mol. The molecule has 0 saturated carbocycles. The lowest BCUT2D eigenvalue weighted by Gasteiger charge is -2.36. The second kappa shape index (κ2) is 5.89. The number of hydrogen-bond acceptors (Lipinski definition) is 3. The van der Waals surface area contributed by atoms with Gasteiger partial charge in [0.1, 0.15) is 5.78 Å². The first-order chi connectivity index (χ1) is 8.93. The summed E-state index contributed by atoms with van der Waals surface area (Å²) < 4.78 is 28.7. The van der Waals surface area contributed by atoms with Gasteiger partial charge < -0.3 is 0 Å². The molecule has 110 valence electrons. The lowest BCUT2D eigenvalue weighted by molar-refractivity contribution is -0.117. The summed E-state index contributed by atoms with van der Waals surface area (Å²) in [5.74, 6) is 0.0683. The van der Waals surface area contributed by atoms with E-state index >= 15 is 0 Å². The van der Waals surface area contributed by atoms with Gasteiger partial charge in [-0.05, 0) is 39.5 Å². The predicted octanol–water partition coefficient (Wildman–Crippen LogP) is 1.55. The maximum atomic E-state index is 12.7. The van der Waals surface area contributed by atoms with Gasteiger partial charge in [0, 0.05) is 31.6 Å². The quantitative estimate of drug-likeness (QED) is 0.788. The molecule has 19 heavy (non-hydrogen) atoms. The highest BCUT2D eigenvalue weighted by Crippen LogP contribution is 2.29. The largest absolute Gasteiger partial charge is 0.300 e. The van der Waals surface area contributed by atoms with Crippen LogP contribution in [0.2, 0.25) is 0 Å². The zero-order chi connectivity index (χ0) is 14.0. The van der Waals surface area contributed by atoms with Crippen LogP contribution < -0.4 is 0 Å². The summed E-state index contributed by atoms with van der Waals surface area (Å²) in [4.78, 5) is 11.3. The summed E-state index contributed by atoms with van der Waals surface area (Å²) >= 11 is 0. The average molecular weight is 288 g/mol. The standard InChI is InChI=1S/C13H24N2O3S/c1-11-6-3-4-8-14(11)19(17,18)15-9-5-7-13(15)10-12(2)16/h11,13H,3-10H2,1-2H3. The van der Waals surface area contributed by atoms with Gasteiger partial charge in [0.15, 0.2) is 0 Å². The van der Waals surface area contributed by atoms with Crippen LogP contribution in [-0.2, 0) is 15.0 Å². The fourth-order valence-corrected chi connectivity index (χ4v) is 5.30. The van der Waals surface area contributed by atoms with E-state index in [2.05, 4.69) is 0 Å². The summed E-state index contributed by atoms with van der Waals surface area (Å²) in [5, 5.41) is 0. The van der Waals surface area contributed by atoms with E-state index < -0.39 is 10.2 Å². The van der Waals surface area contributed by atoms with Crippen molar-refractivity contribution >= 4 is 16.0 Å². The molecule has 0 aromatic rings. The molecule has 0 N–H and O–H groups in total. The Hall–Kier alpha value is -0.460. The Labute approximate surface area is 116 Å². The zero-order valence-electron chi connectivity index (χ0n) is 11.8. The maximum absolute atomic E-state index is 12.7. The Kier molecular flexibility index (Phi) is 4.63. The van der Waals surface area contributed by atoms with Gasteiger partial charge in [0.2, 0.25) is 0 Å². The lowest BCUT2D eigenvalue weighted by atomic mass is 10.1. The van der Waals surface area contributed by atoms with Gasteiger partial charge in [-0.3, -0.25) is 4.79 Å². The van der Waals surface area contributed by atoms with E-state index in [0.717, 1.165) is 32.1 Å². The molecule has 2 saturated heterocycles. The van der Waals surface area contributed by atoms with Gasteiger partial charge in [0.25, 0.3) is 10.2 Å². The number of ketones is 1. The average Bonchev–Trinajstić information content (AvgIpc) is 2.77. The summed E-state index contributed by atoms with van der Waals surface area (Å²) in [7, 11) is -3.39. The van der Waals surface area contributed by atoms with Gasteiger partial charge >= 0.3 is 0 Å². The molecule has 6 heteroatoms. The summed E-state index contributed by atoms with van der Waals surface area (Å²) in [6.45, 7) is 4.69. The van der Waals surface area contributed by atoms with Crippen LogP contribution >= 0.6 is 0 Å². The third-order valence-corrected chi connectivity index (χ3v) is 6.39. The summed E-state index contributed by atoms with van der Waals surface area (Å²) in [5.41, 5.74) is 0. The van der Waals surface area contributed by atoms with E-state index in [1.54, 1.807) is 8.61 Å². The van der Waals surface area contributed by atoms with Gasteiger partial charge in [-0.1, -0.05) is 6.42 Å². The Morgan fingerprint density at radius 1 is 1.11 bits per heavy atom. The van der Waals surface area contributed by atoms with Crippen molar-refractivity contribution in [3.63, 3.8) is 0 Å². The third kappa shape index (κ3) is 3.17. The Morgan fingerprint density at radius 3 is 2.42 bits per heavy atom. The summed E-state index contributed by atoms with van der Waals surface area (Å²) in [6, 6.07) is -0.0473. The van der Waals surface area contributed by atoms with Crippen molar-refractivity contribution in [3.8, 4) is 0 Å². The van der Waals surface area contributed by atoms with E-state index in [0.29, 0.717) is 19.5 Å². The maximum Gasteiger partial charge on any atom is 0.282 e. The van der Waals surface area contributed by atoms with Crippen LogP contribution in [0.5, 0.6) is 0 Å². The normalized spacial score (nSPS) is 30.6. The van der Waals surface area contributed by atoms with Crippen molar-refractivity contribution in [2.45, 2.75) is 64.5 Å². The number of Topliss-reactive ketones (excluding diaryl/α,β-unsaturated/α-hetero) is 1. The number of hydrogen-bond donors (Lipinski definition) is 0. The van der Waals surface area contributed by atoms with Gasteiger partial charge in [-0.15, -0.1) is 0 Å². The number of nitrogens with zero attached hydrogens (tertiary/aromatic N) is 2. The molecular weight excluding hydrogens is 264 g/mol. The van der Waals surface area contributed by atoms with Gasteiger partial charge in [-0.25, -0.2) is 0 Å². The fourth-order valence-electron chi connectivity index (χ4n) is 3.20. The highest BCUT2D eigenvalue weighted by atomic mass is 32.2. The monoisotopic (exact) mass is 288 g/mol. The molecule has 2 rings (SSSR count). The van der Waals surface area contributed by atoms with Crippen LogP contribution in [0.15, 0.2) is 0 Å². The van der Waals surface area contributed by atoms with Crippen LogP contribution in [-0.4, -0.2) is 48.0 Å². The first-order valence-electron chi connectivity index (χ1n) is 7.21. The second-order valence-electron chi connectivity index (χ2n) is 5.78. The van der Waals surface area contributed by atoms with E-state index in [1.807, 2.05) is 6.92 Å². The lowest BCUT2D eigenvalue weighted by Crippen LogP contribution is -2.51. The minimum atomic E-state index is -3.39.